The highest BCUT2D eigenvalue weighted by molar-refractivity contribution is 9.10. The predicted molar refractivity (Wildman–Crippen MR) is 63.8 cm³/mol. The zero-order chi connectivity index (χ0) is 11.0. The summed E-state index contributed by atoms with van der Waals surface area (Å²) in [5.41, 5.74) is 1.47. The number of ketones is 1. The monoisotopic (exact) mass is 288 g/mol. The molecule has 1 heterocycles. The number of carbonyl (C=O) groups excluding carboxylic acids is 1. The van der Waals surface area contributed by atoms with Gasteiger partial charge in [0.2, 0.25) is 0 Å². The van der Waals surface area contributed by atoms with E-state index in [2.05, 4.69) is 15.9 Å². The van der Waals surface area contributed by atoms with Crippen LogP contribution in [-0.4, -0.2) is 11.0 Å². The first-order valence-corrected chi connectivity index (χ1v) is 6.55. The van der Waals surface area contributed by atoms with Crippen LogP contribution in [0.2, 0.25) is 0 Å². The molecular formula is C11H10BrFOS. The molecule has 0 N–H and O–H groups in total. The Hall–Kier alpha value is -0.350. The van der Waals surface area contributed by atoms with Gasteiger partial charge in [-0.3, -0.25) is 4.79 Å². The number of Topliss-reactive ketones (excluding diaryl/α,β-unsaturated/α-hetero) is 1. The van der Waals surface area contributed by atoms with Crippen molar-refractivity contribution < 1.29 is 9.18 Å². The van der Waals surface area contributed by atoms with E-state index in [0.29, 0.717) is 27.5 Å². The fraction of sp³-hybridized carbons (Fsp3) is 0.364. The van der Waals surface area contributed by atoms with Crippen molar-refractivity contribution in [1.82, 2.24) is 0 Å². The molecule has 15 heavy (non-hydrogen) atoms. The molecule has 0 spiro atoms. The first-order chi connectivity index (χ1) is 7.09. The molecule has 1 unspecified atom stereocenters. The van der Waals surface area contributed by atoms with E-state index >= 15 is 0 Å². The van der Waals surface area contributed by atoms with Crippen molar-refractivity contribution in [3.8, 4) is 0 Å². The molecule has 1 aliphatic rings. The summed E-state index contributed by atoms with van der Waals surface area (Å²) in [6.07, 6.45) is 0.537. The molecule has 1 aromatic rings. The average Bonchev–Trinajstić information content (AvgIpc) is 2.32. The highest BCUT2D eigenvalue weighted by atomic mass is 79.9. The van der Waals surface area contributed by atoms with Crippen LogP contribution in [0.15, 0.2) is 16.6 Å². The average molecular weight is 289 g/mol. The van der Waals surface area contributed by atoms with E-state index < -0.39 is 0 Å². The minimum Gasteiger partial charge on any atom is -0.294 e. The van der Waals surface area contributed by atoms with Crippen LogP contribution in [0.5, 0.6) is 0 Å². The molecule has 0 radical (unpaired) electrons. The molecular weight excluding hydrogens is 279 g/mol. The van der Waals surface area contributed by atoms with Crippen molar-refractivity contribution in [2.75, 3.05) is 0 Å². The molecule has 0 aliphatic carbocycles. The molecule has 0 bridgehead atoms. The van der Waals surface area contributed by atoms with Gasteiger partial charge in [-0.2, -0.15) is 11.8 Å². The molecule has 1 aliphatic heterocycles. The second-order valence-corrected chi connectivity index (χ2v) is 5.86. The maximum absolute atomic E-state index is 13.3. The minimum absolute atomic E-state index is 0.114. The summed E-state index contributed by atoms with van der Waals surface area (Å²) in [5.74, 6) is 0.514. The van der Waals surface area contributed by atoms with Crippen molar-refractivity contribution in [3.63, 3.8) is 0 Å². The Morgan fingerprint density at radius 2 is 2.27 bits per heavy atom. The highest BCUT2D eigenvalue weighted by Crippen LogP contribution is 2.34. The van der Waals surface area contributed by atoms with Crippen LogP contribution in [0, 0.1) is 5.82 Å². The van der Waals surface area contributed by atoms with Gasteiger partial charge in [0.25, 0.3) is 0 Å². The summed E-state index contributed by atoms with van der Waals surface area (Å²) in [6.45, 7) is 2.03. The molecule has 1 atom stereocenters. The van der Waals surface area contributed by atoms with Crippen molar-refractivity contribution in [2.24, 2.45) is 0 Å². The molecule has 0 saturated heterocycles. The standard InChI is InChI=1S/C11H10BrFOS/c1-6-4-10(14)7-2-3-9(13)11(12)8(7)5-15-6/h2-3,6H,4-5H2,1H3. The van der Waals surface area contributed by atoms with Crippen LogP contribution in [0.3, 0.4) is 0 Å². The van der Waals surface area contributed by atoms with Gasteiger partial charge in [0.1, 0.15) is 5.82 Å². The number of halogens is 2. The third kappa shape index (κ3) is 2.11. The number of hydrogen-bond donors (Lipinski definition) is 0. The Bertz CT molecular complexity index is 419. The molecule has 1 aromatic carbocycles. The lowest BCUT2D eigenvalue weighted by molar-refractivity contribution is 0.0983. The van der Waals surface area contributed by atoms with Gasteiger partial charge in [-0.25, -0.2) is 4.39 Å². The quantitative estimate of drug-likeness (QED) is 0.722. The smallest absolute Gasteiger partial charge is 0.164 e. The van der Waals surface area contributed by atoms with Gasteiger partial charge < -0.3 is 0 Å². The number of carbonyl (C=O) groups is 1. The molecule has 1 nitrogen and oxygen atoms in total. The van der Waals surface area contributed by atoms with Crippen LogP contribution in [0.25, 0.3) is 0 Å². The Morgan fingerprint density at radius 1 is 1.53 bits per heavy atom. The minimum atomic E-state index is -0.295. The summed E-state index contributed by atoms with van der Waals surface area (Å²) >= 11 is 4.90. The van der Waals surface area contributed by atoms with Crippen molar-refractivity contribution in [3.05, 3.63) is 33.5 Å². The van der Waals surface area contributed by atoms with Crippen LogP contribution in [-0.2, 0) is 5.75 Å². The molecule has 0 amide bonds. The van der Waals surface area contributed by atoms with Crippen LogP contribution < -0.4 is 0 Å². The number of rotatable bonds is 0. The lowest BCUT2D eigenvalue weighted by atomic mass is 10.0. The number of hydrogen-bond acceptors (Lipinski definition) is 2. The fourth-order valence-electron chi connectivity index (χ4n) is 1.65. The van der Waals surface area contributed by atoms with E-state index in [1.807, 2.05) is 6.92 Å². The Labute approximate surface area is 101 Å². The molecule has 80 valence electrons. The van der Waals surface area contributed by atoms with Crippen LogP contribution in [0.1, 0.15) is 29.3 Å². The number of benzene rings is 1. The van der Waals surface area contributed by atoms with Gasteiger partial charge in [0, 0.05) is 23.0 Å². The Morgan fingerprint density at radius 3 is 3.00 bits per heavy atom. The van der Waals surface area contributed by atoms with Crippen molar-refractivity contribution in [1.29, 1.82) is 0 Å². The van der Waals surface area contributed by atoms with E-state index in [1.54, 1.807) is 17.8 Å². The van der Waals surface area contributed by atoms with E-state index in [9.17, 15) is 9.18 Å². The lowest BCUT2D eigenvalue weighted by Gasteiger charge is -2.07. The van der Waals surface area contributed by atoms with E-state index in [0.717, 1.165) is 5.56 Å². The fourth-order valence-corrected chi connectivity index (χ4v) is 3.34. The van der Waals surface area contributed by atoms with E-state index in [4.69, 9.17) is 0 Å². The van der Waals surface area contributed by atoms with Crippen LogP contribution in [0.4, 0.5) is 4.39 Å². The summed E-state index contributed by atoms with van der Waals surface area (Å²) in [5, 5.41) is 0.305. The summed E-state index contributed by atoms with van der Waals surface area (Å²) in [7, 11) is 0. The first kappa shape index (κ1) is 11.1. The molecule has 2 rings (SSSR count). The van der Waals surface area contributed by atoms with Gasteiger partial charge >= 0.3 is 0 Å². The van der Waals surface area contributed by atoms with Crippen LogP contribution >= 0.6 is 27.7 Å². The maximum atomic E-state index is 13.3. The van der Waals surface area contributed by atoms with Gasteiger partial charge in [0.15, 0.2) is 5.78 Å². The Kier molecular flexibility index (Phi) is 3.16. The predicted octanol–water partition coefficient (Wildman–Crippen LogP) is 3.80. The third-order valence-corrected chi connectivity index (χ3v) is 4.53. The molecule has 0 saturated carbocycles. The summed E-state index contributed by atoms with van der Waals surface area (Å²) in [4.78, 5) is 11.8. The first-order valence-electron chi connectivity index (χ1n) is 4.71. The van der Waals surface area contributed by atoms with Gasteiger partial charge in [-0.05, 0) is 33.6 Å². The van der Waals surface area contributed by atoms with Gasteiger partial charge in [0.05, 0.1) is 4.47 Å². The van der Waals surface area contributed by atoms with E-state index in [-0.39, 0.29) is 11.6 Å². The SMILES string of the molecule is CC1CC(=O)c2ccc(F)c(Br)c2CS1. The normalized spacial score (nSPS) is 21.0. The molecule has 0 aromatic heterocycles. The highest BCUT2D eigenvalue weighted by Gasteiger charge is 2.23. The summed E-state index contributed by atoms with van der Waals surface area (Å²) < 4.78 is 13.7. The van der Waals surface area contributed by atoms with Gasteiger partial charge in [-0.1, -0.05) is 6.92 Å². The van der Waals surface area contributed by atoms with Gasteiger partial charge in [-0.15, -0.1) is 0 Å². The van der Waals surface area contributed by atoms with Crippen molar-refractivity contribution in [2.45, 2.75) is 24.3 Å². The summed E-state index contributed by atoms with van der Waals surface area (Å²) in [6, 6.07) is 2.94. The second kappa shape index (κ2) is 4.26. The lowest BCUT2D eigenvalue weighted by Crippen LogP contribution is -2.05. The van der Waals surface area contributed by atoms with Crippen molar-refractivity contribution >= 4 is 33.5 Å². The topological polar surface area (TPSA) is 17.1 Å². The molecule has 4 heteroatoms. The van der Waals surface area contributed by atoms with E-state index in [1.165, 1.54) is 6.07 Å². The Balaban J connectivity index is 2.53. The zero-order valence-electron chi connectivity index (χ0n) is 8.22. The number of thioether (sulfide) groups is 1. The number of fused-ring (bicyclic) bond motifs is 1. The zero-order valence-corrected chi connectivity index (χ0v) is 10.6. The maximum Gasteiger partial charge on any atom is 0.164 e. The molecule has 0 fully saturated rings. The largest absolute Gasteiger partial charge is 0.294 e. The third-order valence-electron chi connectivity index (χ3n) is 2.48. The second-order valence-electron chi connectivity index (χ2n) is 3.64.